The Hall–Kier alpha value is -1.88. The van der Waals surface area contributed by atoms with E-state index in [0.717, 1.165) is 0 Å². The Morgan fingerprint density at radius 2 is 1.11 bits per heavy atom. The van der Waals surface area contributed by atoms with E-state index in [9.17, 15) is 13.2 Å². The molecule has 0 saturated carbocycles. The van der Waals surface area contributed by atoms with Gasteiger partial charge in [-0.3, -0.25) is 9.80 Å². The Labute approximate surface area is 266 Å². The average Bonchev–Trinajstić information content (AvgIpc) is 2.97. The number of nitrogens with zero attached hydrogens (tertiary/aromatic N) is 5. The summed E-state index contributed by atoms with van der Waals surface area (Å²) in [5, 5.41) is 3.25. The first-order valence-electron chi connectivity index (χ1n) is 14.2. The monoisotopic (exact) mass is 685 g/mol. The van der Waals surface area contributed by atoms with Crippen molar-refractivity contribution < 1.29 is 59.5 Å². The lowest BCUT2D eigenvalue weighted by Crippen LogP contribution is -3.11. The Kier molecular flexibility index (Phi) is 26.4. The van der Waals surface area contributed by atoms with Crippen LogP contribution in [0.25, 0.3) is 0 Å². The number of hydrogen-bond acceptors (Lipinski definition) is 15. The number of nitrogens with one attached hydrogen (secondary N) is 2. The second-order valence-electron chi connectivity index (χ2n) is 9.46. The van der Waals surface area contributed by atoms with E-state index in [1.807, 2.05) is 4.90 Å². The minimum atomic E-state index is -6.09. The highest BCUT2D eigenvalue weighted by Gasteiger charge is 2.37. The first-order valence-corrected chi connectivity index (χ1v) is 15.6. The van der Waals surface area contributed by atoms with Crippen LogP contribution in [0, 0.1) is 0 Å². The van der Waals surface area contributed by atoms with E-state index in [-0.39, 0.29) is 26.9 Å². The van der Waals surface area contributed by atoms with Crippen molar-refractivity contribution in [2.75, 3.05) is 103 Å². The van der Waals surface area contributed by atoms with Crippen molar-refractivity contribution in [1.29, 1.82) is 0 Å². The zero-order valence-electron chi connectivity index (χ0n) is 28.0. The van der Waals surface area contributed by atoms with Crippen LogP contribution in [0.1, 0.15) is 40.0 Å². The predicted molar refractivity (Wildman–Crippen MR) is 161 cm³/mol. The molecule has 0 bridgehead atoms. The molecule has 0 aromatic carbocycles. The van der Waals surface area contributed by atoms with Crippen molar-refractivity contribution in [3.8, 4) is 0 Å². The molecule has 0 fully saturated rings. The summed E-state index contributed by atoms with van der Waals surface area (Å²) in [7, 11) is 3.51. The fraction of sp³-hybridized carbons (Fsp3) is 0.920. The molecule has 0 aliphatic carbocycles. The largest absolute Gasteiger partial charge is 0.741 e. The summed E-state index contributed by atoms with van der Waals surface area (Å²) in [5.41, 5.74) is -5.65. The molecule has 0 saturated heterocycles. The fourth-order valence-electron chi connectivity index (χ4n) is 3.78. The Morgan fingerprint density at radius 3 is 1.42 bits per heavy atom. The molecule has 45 heavy (non-hydrogen) atoms. The molecule has 1 aliphatic heterocycles. The van der Waals surface area contributed by atoms with Crippen molar-refractivity contribution in [2.45, 2.75) is 51.8 Å². The molecule has 2 N–H and O–H groups in total. The summed E-state index contributed by atoms with van der Waals surface area (Å²) >= 11 is 0. The molecular formula is C25H54F3N7O9S. The quantitative estimate of drug-likeness (QED) is 0.108. The molecule has 0 radical (unpaired) electrons. The summed E-state index contributed by atoms with van der Waals surface area (Å²) in [6, 6.07) is 0. The molecule has 1 aliphatic rings. The van der Waals surface area contributed by atoms with Gasteiger partial charge in [-0.15, -0.1) is 0 Å². The van der Waals surface area contributed by atoms with Crippen LogP contribution in [-0.2, 0) is 38.5 Å². The minimum absolute atomic E-state index is 0.263. The number of rotatable bonds is 19. The summed E-state index contributed by atoms with van der Waals surface area (Å²) < 4.78 is 90.4. The third kappa shape index (κ3) is 20.1. The van der Waals surface area contributed by atoms with Crippen molar-refractivity contribution in [3.63, 3.8) is 0 Å². The molecule has 0 amide bonds. The van der Waals surface area contributed by atoms with Gasteiger partial charge in [-0.25, -0.2) is 18.3 Å². The Morgan fingerprint density at radius 1 is 0.756 bits per heavy atom. The van der Waals surface area contributed by atoms with E-state index in [4.69, 9.17) is 41.4 Å². The van der Waals surface area contributed by atoms with E-state index in [1.165, 1.54) is 38.9 Å². The van der Waals surface area contributed by atoms with Crippen molar-refractivity contribution in [3.05, 3.63) is 0 Å². The van der Waals surface area contributed by atoms with Gasteiger partial charge in [0.05, 0.1) is 19.6 Å². The number of alkyl halides is 3. The van der Waals surface area contributed by atoms with Crippen LogP contribution in [0.2, 0.25) is 0 Å². The Bertz CT molecular complexity index is 872. The van der Waals surface area contributed by atoms with Crippen molar-refractivity contribution >= 4 is 22.0 Å². The van der Waals surface area contributed by atoms with E-state index in [1.54, 1.807) is 57.4 Å². The molecule has 20 heteroatoms. The summed E-state index contributed by atoms with van der Waals surface area (Å²) in [5.74, 6) is 0.968. The lowest BCUT2D eigenvalue weighted by molar-refractivity contribution is -0.900. The van der Waals surface area contributed by atoms with Crippen LogP contribution in [-0.4, -0.2) is 154 Å². The topological polar surface area (TPSA) is 163 Å². The molecule has 1 rings (SSSR count). The van der Waals surface area contributed by atoms with Crippen LogP contribution in [0.3, 0.4) is 0 Å². The maximum Gasteiger partial charge on any atom is 0.485 e. The van der Waals surface area contributed by atoms with E-state index in [2.05, 4.69) is 36.1 Å². The molecule has 270 valence electrons. The summed E-state index contributed by atoms with van der Waals surface area (Å²) in [6.07, 6.45) is 3.50. The number of halogens is 3. The van der Waals surface area contributed by atoms with Gasteiger partial charge < -0.3 is 43.2 Å². The van der Waals surface area contributed by atoms with Gasteiger partial charge in [0.1, 0.15) is 40.4 Å². The third-order valence-electron chi connectivity index (χ3n) is 5.45. The van der Waals surface area contributed by atoms with Crippen LogP contribution in [0.5, 0.6) is 0 Å². The number of hydrogen-bond donors (Lipinski definition) is 2. The minimum Gasteiger partial charge on any atom is -0.741 e. The lowest BCUT2D eigenvalue weighted by atomic mass is 10.3. The van der Waals surface area contributed by atoms with Crippen molar-refractivity contribution in [1.82, 2.24) is 20.0 Å². The molecule has 0 aromatic rings. The molecule has 16 nitrogen and oxygen atoms in total. The first kappa shape index (κ1) is 45.2. The van der Waals surface area contributed by atoms with Gasteiger partial charge in [-0.05, 0) is 19.3 Å². The van der Waals surface area contributed by atoms with Crippen LogP contribution in [0.15, 0.2) is 9.98 Å². The molecule has 1 atom stereocenters. The highest BCUT2D eigenvalue weighted by Crippen LogP contribution is 2.20. The van der Waals surface area contributed by atoms with Gasteiger partial charge in [0.2, 0.25) is 11.9 Å². The summed E-state index contributed by atoms with van der Waals surface area (Å²) in [4.78, 5) is 16.4. The molecular weight excluding hydrogens is 631 g/mol. The number of quaternary nitrogens is 1. The van der Waals surface area contributed by atoms with Crippen LogP contribution >= 0.6 is 0 Å². The van der Waals surface area contributed by atoms with Gasteiger partial charge in [0.15, 0.2) is 16.4 Å². The zero-order valence-corrected chi connectivity index (χ0v) is 28.8. The lowest BCUT2D eigenvalue weighted by Gasteiger charge is -2.36. The standard InChI is InChI=1S/C15H32N6O6.C9H21N.CHF3O3S/c1-22-7-19(8-23-2)13-16-14(20(9-24-3)10-25-4)18-15(17-13)21(11-26-5)12-27-6;1-4-7-10(8-5-2)9-6-3;2-1(3,4)8(5,6)7/h13H,7-12H2,1-6H3,(H,16,17,18);4-9H2,1-3H3;(H,5,6,7). The highest BCUT2D eigenvalue weighted by atomic mass is 32.2. The molecule has 1 heterocycles. The third-order valence-corrected chi connectivity index (χ3v) is 6.02. The average molecular weight is 686 g/mol. The van der Waals surface area contributed by atoms with Gasteiger partial charge in [-0.2, -0.15) is 18.2 Å². The van der Waals surface area contributed by atoms with Crippen LogP contribution < -0.4 is 10.2 Å². The number of methoxy groups -OCH3 is 6. The normalized spacial score (nSPS) is 15.0. The SMILES string of the molecule is CCC[NH+](CCC)CCC.COCN(COC)C1=NC(N(COC)COC)NC(N(COC)COC)=N1.O=S(=O)([O-])C(F)(F)F. The molecule has 1 unspecified atom stereocenters. The summed E-state index contributed by atoms with van der Waals surface area (Å²) in [6.45, 7) is 12.6. The number of ether oxygens (including phenoxy) is 6. The molecule has 0 spiro atoms. The fourth-order valence-corrected chi connectivity index (χ4v) is 3.78. The second-order valence-corrected chi connectivity index (χ2v) is 10.8. The second kappa shape index (κ2) is 26.2. The van der Waals surface area contributed by atoms with E-state index in [0.29, 0.717) is 25.4 Å². The highest BCUT2D eigenvalue weighted by molar-refractivity contribution is 7.86. The predicted octanol–water partition coefficient (Wildman–Crippen LogP) is 0.267. The first-order chi connectivity index (χ1) is 21.2. The maximum atomic E-state index is 10.7. The Balaban J connectivity index is 0. The maximum absolute atomic E-state index is 10.7. The van der Waals surface area contributed by atoms with Gasteiger partial charge in [0.25, 0.3) is 0 Å². The number of guanidine groups is 2. The zero-order chi connectivity index (χ0) is 34.9. The van der Waals surface area contributed by atoms with Gasteiger partial charge >= 0.3 is 5.51 Å². The van der Waals surface area contributed by atoms with Crippen molar-refractivity contribution in [2.24, 2.45) is 9.98 Å². The number of aliphatic imine (C=N–C) groups is 2. The van der Waals surface area contributed by atoms with E-state index < -0.39 is 21.9 Å². The van der Waals surface area contributed by atoms with Gasteiger partial charge in [-0.1, -0.05) is 20.8 Å². The van der Waals surface area contributed by atoms with Gasteiger partial charge in [0, 0.05) is 42.7 Å². The smallest absolute Gasteiger partial charge is 0.485 e. The molecule has 0 aromatic heterocycles. The van der Waals surface area contributed by atoms with E-state index >= 15 is 0 Å². The van der Waals surface area contributed by atoms with Crippen LogP contribution in [0.4, 0.5) is 13.2 Å².